The van der Waals surface area contributed by atoms with Crippen molar-refractivity contribution in [3.63, 3.8) is 0 Å². The summed E-state index contributed by atoms with van der Waals surface area (Å²) in [5.74, 6) is -1.53. The molecule has 1 fully saturated rings. The summed E-state index contributed by atoms with van der Waals surface area (Å²) >= 11 is 0. The van der Waals surface area contributed by atoms with Crippen LogP contribution >= 0.6 is 0 Å². The number of aromatic nitrogens is 1. The van der Waals surface area contributed by atoms with Crippen LogP contribution in [0.15, 0.2) is 12.3 Å². The third-order valence-electron chi connectivity index (χ3n) is 3.15. The second-order valence-electron chi connectivity index (χ2n) is 4.38. The van der Waals surface area contributed by atoms with E-state index in [1.54, 1.807) is 0 Å². The van der Waals surface area contributed by atoms with Crippen LogP contribution in [-0.2, 0) is 0 Å². The highest BCUT2D eigenvalue weighted by molar-refractivity contribution is 5.93. The van der Waals surface area contributed by atoms with E-state index in [9.17, 15) is 9.18 Å². The molecule has 2 rings (SSSR count). The van der Waals surface area contributed by atoms with E-state index in [1.165, 1.54) is 0 Å². The maximum atomic E-state index is 13.1. The van der Waals surface area contributed by atoms with Crippen molar-refractivity contribution >= 4 is 11.8 Å². The number of aromatic carboxylic acids is 1. The number of pyridine rings is 1. The first-order chi connectivity index (χ1) is 9.11. The quantitative estimate of drug-likeness (QED) is 0.803. The van der Waals surface area contributed by atoms with E-state index in [-0.39, 0.29) is 12.2 Å². The lowest BCUT2D eigenvalue weighted by Crippen LogP contribution is -2.47. The number of aliphatic hydroxyl groups excluding tert-OH is 1. The summed E-state index contributed by atoms with van der Waals surface area (Å²) < 4.78 is 13.1. The maximum absolute atomic E-state index is 13.1. The highest BCUT2D eigenvalue weighted by atomic mass is 19.1. The van der Waals surface area contributed by atoms with Gasteiger partial charge in [0, 0.05) is 32.7 Å². The van der Waals surface area contributed by atoms with Crippen molar-refractivity contribution < 1.29 is 19.4 Å². The predicted octanol–water partition coefficient (Wildman–Crippen LogP) is 0.0332. The van der Waals surface area contributed by atoms with Crippen LogP contribution < -0.4 is 4.90 Å². The third kappa shape index (κ3) is 3.18. The van der Waals surface area contributed by atoms with Crippen molar-refractivity contribution in [1.82, 2.24) is 9.88 Å². The molecule has 0 unspecified atom stereocenters. The van der Waals surface area contributed by atoms with Crippen LogP contribution in [0.3, 0.4) is 0 Å². The van der Waals surface area contributed by atoms with Crippen LogP contribution in [0.1, 0.15) is 10.4 Å². The Morgan fingerprint density at radius 3 is 2.63 bits per heavy atom. The zero-order valence-electron chi connectivity index (χ0n) is 10.4. The number of nitrogens with zero attached hydrogens (tertiary/aromatic N) is 3. The fourth-order valence-corrected chi connectivity index (χ4v) is 2.17. The van der Waals surface area contributed by atoms with Crippen LogP contribution in [0.5, 0.6) is 0 Å². The molecule has 2 N–H and O–H groups in total. The molecule has 0 aromatic carbocycles. The topological polar surface area (TPSA) is 76.9 Å². The average molecular weight is 269 g/mol. The number of anilines is 1. The first kappa shape index (κ1) is 13.7. The summed E-state index contributed by atoms with van der Waals surface area (Å²) in [7, 11) is 0. The van der Waals surface area contributed by atoms with Crippen molar-refractivity contribution in [2.75, 3.05) is 44.2 Å². The molecule has 1 aliphatic heterocycles. The van der Waals surface area contributed by atoms with Crippen LogP contribution in [0, 0.1) is 5.82 Å². The Balaban J connectivity index is 2.13. The number of hydrogen-bond acceptors (Lipinski definition) is 5. The molecule has 0 saturated carbocycles. The second-order valence-corrected chi connectivity index (χ2v) is 4.38. The number of piperazine rings is 1. The van der Waals surface area contributed by atoms with Crippen molar-refractivity contribution in [3.8, 4) is 0 Å². The van der Waals surface area contributed by atoms with Crippen LogP contribution in [0.25, 0.3) is 0 Å². The van der Waals surface area contributed by atoms with E-state index in [1.807, 2.05) is 4.90 Å². The molecule has 7 heteroatoms. The van der Waals surface area contributed by atoms with Gasteiger partial charge in [0.1, 0.15) is 17.2 Å². The molecule has 19 heavy (non-hydrogen) atoms. The molecule has 0 spiro atoms. The molecule has 2 heterocycles. The van der Waals surface area contributed by atoms with Gasteiger partial charge in [0.05, 0.1) is 12.8 Å². The summed E-state index contributed by atoms with van der Waals surface area (Å²) in [5, 5.41) is 17.9. The lowest BCUT2D eigenvalue weighted by Gasteiger charge is -2.35. The third-order valence-corrected chi connectivity index (χ3v) is 3.15. The molecule has 0 aliphatic carbocycles. The van der Waals surface area contributed by atoms with Gasteiger partial charge in [-0.2, -0.15) is 0 Å². The van der Waals surface area contributed by atoms with Crippen molar-refractivity contribution in [1.29, 1.82) is 0 Å². The fraction of sp³-hybridized carbons (Fsp3) is 0.500. The molecule has 1 aliphatic rings. The van der Waals surface area contributed by atoms with Gasteiger partial charge in [-0.15, -0.1) is 0 Å². The van der Waals surface area contributed by atoms with Crippen molar-refractivity contribution in [3.05, 3.63) is 23.6 Å². The monoisotopic (exact) mass is 269 g/mol. The van der Waals surface area contributed by atoms with E-state index in [0.29, 0.717) is 25.5 Å². The number of hydrogen-bond donors (Lipinski definition) is 2. The first-order valence-corrected chi connectivity index (χ1v) is 6.09. The molecule has 0 radical (unpaired) electrons. The molecule has 6 nitrogen and oxygen atoms in total. The zero-order chi connectivity index (χ0) is 13.8. The highest BCUT2D eigenvalue weighted by Crippen LogP contribution is 2.20. The molecular weight excluding hydrogens is 253 g/mol. The van der Waals surface area contributed by atoms with Gasteiger partial charge in [0.15, 0.2) is 0 Å². The largest absolute Gasteiger partial charge is 0.478 e. The minimum Gasteiger partial charge on any atom is -0.478 e. The summed E-state index contributed by atoms with van der Waals surface area (Å²) in [6, 6.07) is 0.991. The molecule has 0 bridgehead atoms. The normalized spacial score (nSPS) is 16.6. The van der Waals surface area contributed by atoms with Crippen LogP contribution in [-0.4, -0.2) is 65.4 Å². The number of carboxylic acid groups (broad SMARTS) is 1. The van der Waals surface area contributed by atoms with E-state index >= 15 is 0 Å². The Morgan fingerprint density at radius 2 is 2.05 bits per heavy atom. The minimum absolute atomic E-state index is 0.106. The standard InChI is InChI=1S/C12H16FN3O3/c13-9-7-10(12(18)19)11(14-8-9)16-3-1-15(2-4-16)5-6-17/h7-8,17H,1-6H2,(H,18,19). The number of rotatable bonds is 4. The van der Waals surface area contributed by atoms with E-state index < -0.39 is 11.8 Å². The van der Waals surface area contributed by atoms with E-state index in [0.717, 1.165) is 25.4 Å². The highest BCUT2D eigenvalue weighted by Gasteiger charge is 2.22. The van der Waals surface area contributed by atoms with Gasteiger partial charge >= 0.3 is 5.97 Å². The van der Waals surface area contributed by atoms with Gasteiger partial charge in [-0.25, -0.2) is 14.2 Å². The minimum atomic E-state index is -1.18. The Hall–Kier alpha value is -1.73. The predicted molar refractivity (Wildman–Crippen MR) is 66.9 cm³/mol. The number of carboxylic acids is 1. The molecule has 0 amide bonds. The molecule has 1 aromatic heterocycles. The van der Waals surface area contributed by atoms with E-state index in [4.69, 9.17) is 10.2 Å². The molecule has 1 aromatic rings. The Labute approximate surface area is 110 Å². The fourth-order valence-electron chi connectivity index (χ4n) is 2.17. The van der Waals surface area contributed by atoms with Crippen molar-refractivity contribution in [2.24, 2.45) is 0 Å². The molecule has 104 valence electrons. The van der Waals surface area contributed by atoms with Crippen molar-refractivity contribution in [2.45, 2.75) is 0 Å². The summed E-state index contributed by atoms with van der Waals surface area (Å²) in [4.78, 5) is 18.9. The van der Waals surface area contributed by atoms with Gasteiger partial charge in [0.2, 0.25) is 0 Å². The summed E-state index contributed by atoms with van der Waals surface area (Å²) in [6.45, 7) is 3.38. The summed E-state index contributed by atoms with van der Waals surface area (Å²) in [5.41, 5.74) is -0.115. The lowest BCUT2D eigenvalue weighted by molar-refractivity contribution is 0.0696. The summed E-state index contributed by atoms with van der Waals surface area (Å²) in [6.07, 6.45) is 1.03. The van der Waals surface area contributed by atoms with Gasteiger partial charge in [0.25, 0.3) is 0 Å². The Morgan fingerprint density at radius 1 is 1.37 bits per heavy atom. The smallest absolute Gasteiger partial charge is 0.339 e. The lowest BCUT2D eigenvalue weighted by atomic mass is 10.2. The zero-order valence-corrected chi connectivity index (χ0v) is 10.4. The maximum Gasteiger partial charge on any atom is 0.339 e. The van der Waals surface area contributed by atoms with Gasteiger partial charge in [-0.1, -0.05) is 0 Å². The number of carbonyl (C=O) groups is 1. The average Bonchev–Trinajstić information content (AvgIpc) is 2.40. The van der Waals surface area contributed by atoms with Crippen LogP contribution in [0.2, 0.25) is 0 Å². The Bertz CT molecular complexity index is 462. The first-order valence-electron chi connectivity index (χ1n) is 6.09. The molecular formula is C12H16FN3O3. The van der Waals surface area contributed by atoms with Gasteiger partial charge < -0.3 is 15.1 Å². The number of β-amino-alcohol motifs (C(OH)–C–C–N with tert-alkyl or cyclic N) is 1. The van der Waals surface area contributed by atoms with Gasteiger partial charge in [-0.3, -0.25) is 4.90 Å². The van der Waals surface area contributed by atoms with E-state index in [2.05, 4.69) is 9.88 Å². The van der Waals surface area contributed by atoms with Gasteiger partial charge in [-0.05, 0) is 6.07 Å². The second kappa shape index (κ2) is 5.94. The molecule has 1 saturated heterocycles. The number of aliphatic hydroxyl groups is 1. The van der Waals surface area contributed by atoms with Crippen LogP contribution in [0.4, 0.5) is 10.2 Å². The molecule has 0 atom stereocenters. The number of halogens is 1. The Kier molecular flexibility index (Phi) is 4.28. The SMILES string of the molecule is O=C(O)c1cc(F)cnc1N1CCN(CCO)CC1.